The zero-order chi connectivity index (χ0) is 20.3. The minimum absolute atomic E-state index is 0.386. The quantitative estimate of drug-likeness (QED) is 0.458. The van der Waals surface area contributed by atoms with E-state index in [-0.39, 0.29) is 0 Å². The lowest BCUT2D eigenvalue weighted by atomic mass is 10.2. The maximum Gasteiger partial charge on any atom is 0.138 e. The van der Waals surface area contributed by atoms with Gasteiger partial charge in [-0.05, 0) is 43.7 Å². The van der Waals surface area contributed by atoms with E-state index in [4.69, 9.17) is 0 Å². The number of phenolic OH excluding ortho intramolecular Hbond substituents is 1. The van der Waals surface area contributed by atoms with Crippen LogP contribution in [0, 0.1) is 0 Å². The summed E-state index contributed by atoms with van der Waals surface area (Å²) in [5, 5.41) is 12.8. The van der Waals surface area contributed by atoms with Gasteiger partial charge in [-0.2, -0.15) is 0 Å². The molecule has 1 saturated heterocycles. The third kappa shape index (κ3) is 3.63. The molecule has 1 N–H and O–H groups in total. The number of aromatic nitrogens is 1. The molecule has 4 nitrogen and oxygen atoms in total. The van der Waals surface area contributed by atoms with Gasteiger partial charge in [-0.15, -0.1) is 0 Å². The molecule has 1 aliphatic rings. The zero-order valence-electron chi connectivity index (χ0n) is 17.4. The Labute approximate surface area is 177 Å². The van der Waals surface area contributed by atoms with Gasteiger partial charge in [-0.3, -0.25) is 4.90 Å². The number of fused-ring (bicyclic) bond motifs is 3. The number of hydrogen-bond donors (Lipinski definition) is 1. The molecule has 30 heavy (non-hydrogen) atoms. The van der Waals surface area contributed by atoms with Crippen molar-refractivity contribution in [3.8, 4) is 5.75 Å². The average molecular weight is 400 g/mol. The molecular weight excluding hydrogens is 370 g/mol. The van der Waals surface area contributed by atoms with Crippen LogP contribution in [0.1, 0.15) is 12.8 Å². The van der Waals surface area contributed by atoms with E-state index in [1.165, 1.54) is 34.6 Å². The maximum absolute atomic E-state index is 10.1. The van der Waals surface area contributed by atoms with Crippen molar-refractivity contribution in [3.05, 3.63) is 72.8 Å². The van der Waals surface area contributed by atoms with Gasteiger partial charge >= 0.3 is 0 Å². The molecule has 2 heterocycles. The van der Waals surface area contributed by atoms with E-state index in [0.717, 1.165) is 45.0 Å². The van der Waals surface area contributed by atoms with Crippen LogP contribution in [-0.4, -0.2) is 47.3 Å². The highest BCUT2D eigenvalue weighted by molar-refractivity contribution is 6.07. The number of anilines is 1. The van der Waals surface area contributed by atoms with E-state index in [1.807, 2.05) is 18.2 Å². The van der Waals surface area contributed by atoms with Gasteiger partial charge in [0.2, 0.25) is 0 Å². The highest BCUT2D eigenvalue weighted by Gasteiger charge is 2.18. The van der Waals surface area contributed by atoms with Crippen LogP contribution in [-0.2, 0) is 6.54 Å². The van der Waals surface area contributed by atoms with Gasteiger partial charge in [0.15, 0.2) is 0 Å². The Bertz CT molecular complexity index is 1090. The number of phenols is 1. The maximum atomic E-state index is 10.1. The van der Waals surface area contributed by atoms with E-state index < -0.39 is 0 Å². The number of piperazine rings is 1. The predicted molar refractivity (Wildman–Crippen MR) is 125 cm³/mol. The van der Waals surface area contributed by atoms with Gasteiger partial charge in [-0.25, -0.2) is 0 Å². The monoisotopic (exact) mass is 399 g/mol. The first kappa shape index (κ1) is 19.0. The number of hydrogen-bond acceptors (Lipinski definition) is 3. The molecule has 1 fully saturated rings. The fourth-order valence-electron chi connectivity index (χ4n) is 4.79. The summed E-state index contributed by atoms with van der Waals surface area (Å²) in [5.41, 5.74) is 3.65. The van der Waals surface area contributed by atoms with E-state index >= 15 is 0 Å². The van der Waals surface area contributed by atoms with Crippen molar-refractivity contribution in [2.24, 2.45) is 0 Å². The van der Waals surface area contributed by atoms with Crippen LogP contribution in [0.5, 0.6) is 5.75 Å². The van der Waals surface area contributed by atoms with Crippen molar-refractivity contribution in [2.45, 2.75) is 19.4 Å². The van der Waals surface area contributed by atoms with Gasteiger partial charge in [0.1, 0.15) is 5.75 Å². The summed E-state index contributed by atoms with van der Waals surface area (Å²) in [5.74, 6) is 0.386. The summed E-state index contributed by atoms with van der Waals surface area (Å²) in [6, 6.07) is 25.2. The summed E-state index contributed by atoms with van der Waals surface area (Å²) in [6.45, 7) is 6.28. The topological polar surface area (TPSA) is 31.6 Å². The molecule has 154 valence electrons. The molecule has 0 unspecified atom stereocenters. The summed E-state index contributed by atoms with van der Waals surface area (Å²) in [6.07, 6.45) is 2.39. The third-order valence-corrected chi connectivity index (χ3v) is 6.38. The Kier molecular flexibility index (Phi) is 5.33. The van der Waals surface area contributed by atoms with Gasteiger partial charge < -0.3 is 14.6 Å². The van der Waals surface area contributed by atoms with Crippen molar-refractivity contribution >= 4 is 27.5 Å². The minimum atomic E-state index is 0.386. The first-order valence-electron chi connectivity index (χ1n) is 11.0. The number of benzene rings is 3. The third-order valence-electron chi connectivity index (χ3n) is 6.38. The largest absolute Gasteiger partial charge is 0.506 e. The molecule has 1 aliphatic heterocycles. The minimum Gasteiger partial charge on any atom is -0.506 e. The van der Waals surface area contributed by atoms with E-state index in [1.54, 1.807) is 6.07 Å². The van der Waals surface area contributed by atoms with Gasteiger partial charge in [0, 0.05) is 54.5 Å². The predicted octanol–water partition coefficient (Wildman–Crippen LogP) is 5.10. The molecule has 1 aromatic heterocycles. The van der Waals surface area contributed by atoms with Gasteiger partial charge in [0.25, 0.3) is 0 Å². The molecule has 0 aliphatic carbocycles. The Balaban J connectivity index is 1.17. The standard InChI is InChI=1S/C26H29N3O/c30-26-14-6-5-13-25(26)28-19-17-27(18-20-28)15-7-8-16-29-23-11-3-1-9-21(23)22-10-2-4-12-24(22)29/h1-6,9-14,30H,7-8,15-20H2. The highest BCUT2D eigenvalue weighted by atomic mass is 16.3. The molecule has 4 heteroatoms. The van der Waals surface area contributed by atoms with Crippen LogP contribution in [0.25, 0.3) is 21.8 Å². The van der Waals surface area contributed by atoms with Crippen LogP contribution < -0.4 is 4.90 Å². The lowest BCUT2D eigenvalue weighted by Crippen LogP contribution is -2.46. The van der Waals surface area contributed by atoms with E-state index in [9.17, 15) is 5.11 Å². The summed E-state index contributed by atoms with van der Waals surface area (Å²) in [7, 11) is 0. The molecule has 5 rings (SSSR count). The first-order chi connectivity index (χ1) is 14.8. The van der Waals surface area contributed by atoms with Crippen molar-refractivity contribution in [2.75, 3.05) is 37.6 Å². The number of nitrogens with zero attached hydrogens (tertiary/aromatic N) is 3. The SMILES string of the molecule is Oc1ccccc1N1CCN(CCCCn2c3ccccc3c3ccccc32)CC1. The molecule has 0 atom stereocenters. The molecule has 0 saturated carbocycles. The first-order valence-corrected chi connectivity index (χ1v) is 11.0. The normalized spacial score (nSPS) is 15.3. The zero-order valence-corrected chi connectivity index (χ0v) is 17.4. The highest BCUT2D eigenvalue weighted by Crippen LogP contribution is 2.29. The second-order valence-corrected chi connectivity index (χ2v) is 8.21. The van der Waals surface area contributed by atoms with E-state index in [2.05, 4.69) is 62.9 Å². The average Bonchev–Trinajstić information content (AvgIpc) is 3.11. The second-order valence-electron chi connectivity index (χ2n) is 8.21. The molecule has 0 radical (unpaired) electrons. The van der Waals surface area contributed by atoms with Crippen molar-refractivity contribution in [1.82, 2.24) is 9.47 Å². The van der Waals surface area contributed by atoms with Gasteiger partial charge in [-0.1, -0.05) is 48.5 Å². The summed E-state index contributed by atoms with van der Waals surface area (Å²) in [4.78, 5) is 4.85. The van der Waals surface area contributed by atoms with Crippen LogP contribution in [0.4, 0.5) is 5.69 Å². The molecule has 4 aromatic rings. The van der Waals surface area contributed by atoms with Gasteiger partial charge in [0.05, 0.1) is 5.69 Å². The number of para-hydroxylation sites is 4. The van der Waals surface area contributed by atoms with Crippen molar-refractivity contribution in [1.29, 1.82) is 0 Å². The second kappa shape index (κ2) is 8.41. The molecule has 0 bridgehead atoms. The number of aryl methyl sites for hydroxylation is 1. The molecule has 3 aromatic carbocycles. The molecule has 0 amide bonds. The smallest absolute Gasteiger partial charge is 0.138 e. The van der Waals surface area contributed by atoms with Crippen LogP contribution in [0.3, 0.4) is 0 Å². The summed E-state index contributed by atoms with van der Waals surface area (Å²) < 4.78 is 2.49. The Morgan fingerprint density at radius 2 is 1.20 bits per heavy atom. The van der Waals surface area contributed by atoms with Crippen LogP contribution in [0.15, 0.2) is 72.8 Å². The lowest BCUT2D eigenvalue weighted by Gasteiger charge is -2.36. The fraction of sp³-hybridized carbons (Fsp3) is 0.308. The number of aromatic hydroxyl groups is 1. The van der Waals surface area contributed by atoms with Crippen molar-refractivity contribution < 1.29 is 5.11 Å². The lowest BCUT2D eigenvalue weighted by molar-refractivity contribution is 0.251. The van der Waals surface area contributed by atoms with Crippen LogP contribution in [0.2, 0.25) is 0 Å². The number of unbranched alkanes of at least 4 members (excludes halogenated alkanes) is 1. The fourth-order valence-corrected chi connectivity index (χ4v) is 4.79. The molecule has 0 spiro atoms. The Morgan fingerprint density at radius 1 is 0.633 bits per heavy atom. The van der Waals surface area contributed by atoms with Crippen molar-refractivity contribution in [3.63, 3.8) is 0 Å². The van der Waals surface area contributed by atoms with Crippen LogP contribution >= 0.6 is 0 Å². The summed E-state index contributed by atoms with van der Waals surface area (Å²) >= 11 is 0. The number of rotatable bonds is 6. The molecular formula is C26H29N3O. The Hall–Kier alpha value is -2.98. The Morgan fingerprint density at radius 3 is 1.87 bits per heavy atom. The van der Waals surface area contributed by atoms with E-state index in [0.29, 0.717) is 5.75 Å².